The van der Waals surface area contributed by atoms with Gasteiger partial charge >= 0.3 is 0 Å². The van der Waals surface area contributed by atoms with Gasteiger partial charge in [0.05, 0.1) is 5.69 Å². The van der Waals surface area contributed by atoms with Gasteiger partial charge in [-0.05, 0) is 31.5 Å². The van der Waals surface area contributed by atoms with Gasteiger partial charge in [-0.2, -0.15) is 5.10 Å². The Morgan fingerprint density at radius 3 is 2.45 bits per heavy atom. The van der Waals surface area contributed by atoms with Crippen molar-refractivity contribution in [2.24, 2.45) is 0 Å². The van der Waals surface area contributed by atoms with E-state index in [-0.39, 0.29) is 25.1 Å². The van der Waals surface area contributed by atoms with E-state index in [0.717, 1.165) is 23.3 Å². The van der Waals surface area contributed by atoms with Crippen LogP contribution in [0.2, 0.25) is 0 Å². The summed E-state index contributed by atoms with van der Waals surface area (Å²) in [5, 5.41) is 4.31. The molecular weight excluding hydrogens is 400 g/mol. The van der Waals surface area contributed by atoms with Crippen molar-refractivity contribution in [2.75, 3.05) is 6.54 Å². The number of aromatic nitrogens is 2. The molecule has 6 nitrogen and oxygen atoms in total. The van der Waals surface area contributed by atoms with Crippen LogP contribution in [0.15, 0.2) is 64.3 Å². The lowest BCUT2D eigenvalue weighted by Crippen LogP contribution is -2.28. The van der Waals surface area contributed by atoms with Gasteiger partial charge in [0.25, 0.3) is 5.56 Å². The van der Waals surface area contributed by atoms with Gasteiger partial charge in [-0.3, -0.25) is 4.79 Å². The molecule has 0 aliphatic heterocycles. The Labute approximate surface area is 166 Å². The largest absolute Gasteiger partial charge is 0.268 e. The van der Waals surface area contributed by atoms with Gasteiger partial charge < -0.3 is 0 Å². The van der Waals surface area contributed by atoms with Gasteiger partial charge in [0, 0.05) is 30.8 Å². The molecule has 152 valence electrons. The predicted octanol–water partition coefficient (Wildman–Crippen LogP) is 2.87. The van der Waals surface area contributed by atoms with Crippen molar-refractivity contribution >= 4 is 10.0 Å². The predicted molar refractivity (Wildman–Crippen MR) is 105 cm³/mol. The molecular formula is C20H19F2N3O3S. The summed E-state index contributed by atoms with van der Waals surface area (Å²) in [4.78, 5) is 11.4. The molecule has 0 amide bonds. The smallest absolute Gasteiger partial charge is 0.266 e. The fraction of sp³-hybridized carbons (Fsp3) is 0.200. The molecule has 0 unspecified atom stereocenters. The zero-order chi connectivity index (χ0) is 21.0. The molecule has 2 aromatic carbocycles. The maximum absolute atomic E-state index is 13.7. The lowest BCUT2D eigenvalue weighted by atomic mass is 10.1. The van der Waals surface area contributed by atoms with E-state index in [1.165, 1.54) is 10.7 Å². The number of benzene rings is 2. The van der Waals surface area contributed by atoms with Crippen LogP contribution in [0.1, 0.15) is 12.0 Å². The third-order valence-corrected chi connectivity index (χ3v) is 5.73. The molecule has 0 saturated heterocycles. The highest BCUT2D eigenvalue weighted by Crippen LogP contribution is 2.16. The highest BCUT2D eigenvalue weighted by atomic mass is 32.2. The third kappa shape index (κ3) is 5.12. The second-order valence-corrected chi connectivity index (χ2v) is 8.21. The van der Waals surface area contributed by atoms with Crippen LogP contribution < -0.4 is 10.3 Å². The molecule has 0 atom stereocenters. The number of hydrogen-bond donors (Lipinski definition) is 1. The Balaban J connectivity index is 1.65. The van der Waals surface area contributed by atoms with Crippen molar-refractivity contribution in [1.82, 2.24) is 14.5 Å². The van der Waals surface area contributed by atoms with Crippen LogP contribution in [0.5, 0.6) is 0 Å². The van der Waals surface area contributed by atoms with Gasteiger partial charge in [-0.1, -0.05) is 29.8 Å². The molecule has 1 N–H and O–H groups in total. The number of aryl methyl sites for hydroxylation is 2. The fourth-order valence-electron chi connectivity index (χ4n) is 2.69. The highest BCUT2D eigenvalue weighted by molar-refractivity contribution is 7.89. The first kappa shape index (κ1) is 20.8. The van der Waals surface area contributed by atoms with Crippen molar-refractivity contribution in [2.45, 2.75) is 24.8 Å². The SMILES string of the molecule is Cc1ccc(-c2ccc(=O)n(CCCNS(=O)(=O)c3ccc(F)cc3F)n2)cc1. The summed E-state index contributed by atoms with van der Waals surface area (Å²) in [6, 6.07) is 13.0. The standard InChI is InChI=1S/C20H19F2N3O3S/c1-14-3-5-15(6-4-14)18-8-10-20(26)25(24-18)12-2-11-23-29(27,28)19-9-7-16(21)13-17(19)22/h3-10,13,23H,2,11-12H2,1H3. The van der Waals surface area contributed by atoms with Crippen molar-refractivity contribution in [3.63, 3.8) is 0 Å². The Hall–Kier alpha value is -2.91. The summed E-state index contributed by atoms with van der Waals surface area (Å²) in [5.74, 6) is -2.03. The number of nitrogens with one attached hydrogen (secondary N) is 1. The molecule has 3 aromatic rings. The Morgan fingerprint density at radius 2 is 1.76 bits per heavy atom. The molecule has 1 aromatic heterocycles. The van der Waals surface area contributed by atoms with E-state index in [4.69, 9.17) is 0 Å². The second-order valence-electron chi connectivity index (χ2n) is 6.47. The molecule has 0 aliphatic carbocycles. The average molecular weight is 419 g/mol. The van der Waals surface area contributed by atoms with Gasteiger partial charge in [-0.25, -0.2) is 26.6 Å². The topological polar surface area (TPSA) is 81.1 Å². The molecule has 0 bridgehead atoms. The summed E-state index contributed by atoms with van der Waals surface area (Å²) < 4.78 is 54.4. The summed E-state index contributed by atoms with van der Waals surface area (Å²) in [7, 11) is -4.13. The number of rotatable bonds is 7. The summed E-state index contributed by atoms with van der Waals surface area (Å²) in [6.07, 6.45) is 0.256. The van der Waals surface area contributed by atoms with Crippen molar-refractivity contribution < 1.29 is 17.2 Å². The zero-order valence-electron chi connectivity index (χ0n) is 15.6. The van der Waals surface area contributed by atoms with E-state index >= 15 is 0 Å². The third-order valence-electron chi connectivity index (χ3n) is 4.24. The van der Waals surface area contributed by atoms with Gasteiger partial charge in [0.1, 0.15) is 16.5 Å². The van der Waals surface area contributed by atoms with Crippen molar-refractivity contribution in [1.29, 1.82) is 0 Å². The Morgan fingerprint density at radius 1 is 1.03 bits per heavy atom. The molecule has 0 fully saturated rings. The van der Waals surface area contributed by atoms with Crippen molar-refractivity contribution in [3.8, 4) is 11.3 Å². The maximum Gasteiger partial charge on any atom is 0.266 e. The molecule has 9 heteroatoms. The Bertz CT molecular complexity index is 1180. The van der Waals surface area contributed by atoms with Crippen LogP contribution in [0.25, 0.3) is 11.3 Å². The van der Waals surface area contributed by atoms with E-state index < -0.39 is 26.6 Å². The van der Waals surface area contributed by atoms with Crippen LogP contribution in [0.3, 0.4) is 0 Å². The molecule has 0 saturated carbocycles. The molecule has 29 heavy (non-hydrogen) atoms. The van der Waals surface area contributed by atoms with E-state index in [1.807, 2.05) is 31.2 Å². The number of hydrogen-bond acceptors (Lipinski definition) is 4. The first-order chi connectivity index (χ1) is 13.8. The number of sulfonamides is 1. The van der Waals surface area contributed by atoms with Crippen LogP contribution in [-0.4, -0.2) is 24.7 Å². The zero-order valence-corrected chi connectivity index (χ0v) is 16.4. The van der Waals surface area contributed by atoms with E-state index in [9.17, 15) is 22.0 Å². The van der Waals surface area contributed by atoms with Gasteiger partial charge in [0.15, 0.2) is 0 Å². The van der Waals surface area contributed by atoms with Crippen LogP contribution in [0.4, 0.5) is 8.78 Å². The molecule has 0 aliphatic rings. The molecule has 0 spiro atoms. The lowest BCUT2D eigenvalue weighted by molar-refractivity contribution is 0.527. The maximum atomic E-state index is 13.7. The summed E-state index contributed by atoms with van der Waals surface area (Å²) >= 11 is 0. The minimum atomic E-state index is -4.13. The van der Waals surface area contributed by atoms with Crippen LogP contribution in [-0.2, 0) is 16.6 Å². The number of nitrogens with zero attached hydrogens (tertiary/aromatic N) is 2. The lowest BCUT2D eigenvalue weighted by Gasteiger charge is -2.09. The van der Waals surface area contributed by atoms with Crippen LogP contribution >= 0.6 is 0 Å². The first-order valence-electron chi connectivity index (χ1n) is 8.86. The monoisotopic (exact) mass is 419 g/mol. The highest BCUT2D eigenvalue weighted by Gasteiger charge is 2.18. The Kier molecular flexibility index (Phi) is 6.19. The van der Waals surface area contributed by atoms with Gasteiger partial charge in [0.2, 0.25) is 10.0 Å². The minimum Gasteiger partial charge on any atom is -0.268 e. The minimum absolute atomic E-state index is 0.0397. The van der Waals surface area contributed by atoms with Crippen molar-refractivity contribution in [3.05, 3.63) is 82.1 Å². The first-order valence-corrected chi connectivity index (χ1v) is 10.3. The van der Waals surface area contributed by atoms with E-state index in [1.54, 1.807) is 6.07 Å². The average Bonchev–Trinajstić information content (AvgIpc) is 2.67. The summed E-state index contributed by atoms with van der Waals surface area (Å²) in [6.45, 7) is 2.10. The van der Waals surface area contributed by atoms with Gasteiger partial charge in [-0.15, -0.1) is 0 Å². The van der Waals surface area contributed by atoms with E-state index in [0.29, 0.717) is 11.8 Å². The molecule has 3 rings (SSSR count). The fourth-order valence-corrected chi connectivity index (χ4v) is 3.83. The van der Waals surface area contributed by atoms with Crippen LogP contribution in [0, 0.1) is 18.6 Å². The van der Waals surface area contributed by atoms with E-state index in [2.05, 4.69) is 9.82 Å². The normalized spacial score (nSPS) is 11.6. The molecule has 1 heterocycles. The summed E-state index contributed by atoms with van der Waals surface area (Å²) in [5.41, 5.74) is 2.27. The number of halogens is 2. The quantitative estimate of drug-likeness (QED) is 0.597. The second kappa shape index (κ2) is 8.62. The molecule has 0 radical (unpaired) electrons.